The Morgan fingerprint density at radius 1 is 0.671 bits per heavy atom. The number of hydrogen-bond donors (Lipinski definition) is 4. The van der Waals surface area contributed by atoms with Gasteiger partial charge in [-0.05, 0) is 120 Å². The minimum atomic E-state index is -3.70. The van der Waals surface area contributed by atoms with Gasteiger partial charge in [0, 0.05) is 54.8 Å². The summed E-state index contributed by atoms with van der Waals surface area (Å²) in [5.74, 6) is 1.97. The van der Waals surface area contributed by atoms with Gasteiger partial charge in [-0.3, -0.25) is 14.9 Å². The lowest BCUT2D eigenvalue weighted by atomic mass is 10.1. The van der Waals surface area contributed by atoms with Crippen LogP contribution in [0.15, 0.2) is 174 Å². The van der Waals surface area contributed by atoms with Gasteiger partial charge < -0.3 is 14.5 Å². The lowest BCUT2D eigenvalue weighted by molar-refractivity contribution is 0.580. The summed E-state index contributed by atoms with van der Waals surface area (Å²) in [4.78, 5) is 12.3. The van der Waals surface area contributed by atoms with Gasteiger partial charge in [0.25, 0.3) is 9.05 Å². The molecule has 12 rings (SSSR count). The molecule has 0 aliphatic heterocycles. The number of fused-ring (bicyclic) bond motifs is 2. The lowest BCUT2D eigenvalue weighted by Crippen LogP contribution is -2.22. The summed E-state index contributed by atoms with van der Waals surface area (Å²) < 4.78 is 77.9. The van der Waals surface area contributed by atoms with Crippen LogP contribution in [0, 0.1) is 29.2 Å². The Morgan fingerprint density at radius 2 is 1.20 bits per heavy atom. The molecule has 5 N–H and O–H groups in total. The van der Waals surface area contributed by atoms with Crippen molar-refractivity contribution >= 4 is 68.2 Å². The van der Waals surface area contributed by atoms with E-state index in [0.29, 0.717) is 48.1 Å². The Labute approximate surface area is 483 Å². The van der Waals surface area contributed by atoms with Gasteiger partial charge in [-0.1, -0.05) is 60.7 Å². The molecule has 2 fully saturated rings. The largest absolute Gasteiger partial charge is 0.326 e. The summed E-state index contributed by atoms with van der Waals surface area (Å²) in [7, 11) is -5.72. The van der Waals surface area contributed by atoms with Gasteiger partial charge in [-0.2, -0.15) is 25.8 Å². The Bertz CT molecular complexity index is 4220. The monoisotopic (exact) mass is 1200 g/mol. The number of hydrogen-bond acceptors (Lipinski definition) is 14. The summed E-state index contributed by atoms with van der Waals surface area (Å²) in [5.41, 5.74) is 16.2. The number of nitrogens with one attached hydrogen (secondary N) is 3. The molecule has 0 amide bonds. The molecule has 7 heterocycles. The zero-order chi connectivity index (χ0) is 58.3. The van der Waals surface area contributed by atoms with E-state index in [1.165, 1.54) is 73.7 Å². The first kappa shape index (κ1) is 59.6. The molecule has 7 aromatic heterocycles. The molecule has 2 aliphatic carbocycles. The minimum Gasteiger partial charge on any atom is -0.326 e. The van der Waals surface area contributed by atoms with Crippen LogP contribution in [0.3, 0.4) is 0 Å². The molecule has 21 nitrogen and oxygen atoms in total. The van der Waals surface area contributed by atoms with Gasteiger partial charge >= 0.3 is 0 Å². The van der Waals surface area contributed by atoms with Crippen molar-refractivity contribution in [1.82, 2.24) is 53.7 Å². The molecule has 0 bridgehead atoms. The first-order valence-corrected chi connectivity index (χ1v) is 31.3. The third-order valence-electron chi connectivity index (χ3n) is 12.7. The molecule has 0 saturated heterocycles. The Hall–Kier alpha value is -8.51. The van der Waals surface area contributed by atoms with Crippen LogP contribution in [0.25, 0.3) is 16.1 Å². The summed E-state index contributed by atoms with van der Waals surface area (Å²) in [5, 5.41) is 33.4. The summed E-state index contributed by atoms with van der Waals surface area (Å²) in [6.45, 7) is 7.72. The number of pyridine rings is 2. The number of nitriles is 2. The number of imidazole rings is 2. The Morgan fingerprint density at radius 3 is 1.67 bits per heavy atom. The Balaban J connectivity index is 0.000000146. The van der Waals surface area contributed by atoms with E-state index in [2.05, 4.69) is 80.0 Å². The zero-order valence-corrected chi connectivity index (χ0v) is 47.6. The van der Waals surface area contributed by atoms with Gasteiger partial charge in [-0.15, -0.1) is 11.6 Å². The van der Waals surface area contributed by atoms with E-state index in [1.54, 1.807) is 65.3 Å². The standard InChI is InChI=1S/C22H20N6O2S.C12H11N3O2S.C11H11ClN2.C8H8N2.C3H3ClN2O2S/c23-9-16-1-3-17(4-2-16)10-25-31(29,30)21-11-24-28(15-21)14-20-13-27-12-19(18-5-6-18)7-8-22(27)26-20;13-9-11-3-1-10(2-4-11)6-8-18(16,17)12-5-7-14-15-12;12-5-10-7-14-6-9(8-1-2-8)3-4-11(14)13-10;1-10-8-4-2-7(6-9)3-5-8;4-9(7,8)3-1-2-5-6-3/h1-4,7-8,11-13,15,18,25H,5-6,10,14H2;1-5,7H,6,8H2,(H,14,15);3-4,6-8H,1-2,5H2;2-5H,6,9H2;1-2H,(H,5,6). The number of sulfone groups is 1. The zero-order valence-electron chi connectivity index (χ0n) is 43.7. The van der Waals surface area contributed by atoms with Crippen LogP contribution in [-0.2, 0) is 60.8 Å². The first-order chi connectivity index (χ1) is 39.4. The van der Waals surface area contributed by atoms with E-state index >= 15 is 0 Å². The smallest absolute Gasteiger partial charge is 0.278 e. The number of nitrogens with zero attached hydrogens (tertiary/aromatic N) is 11. The third kappa shape index (κ3) is 17.0. The van der Waals surface area contributed by atoms with Crippen LogP contribution >= 0.6 is 22.3 Å². The molecule has 3 aromatic carbocycles. The number of alkyl halides is 1. The maximum Gasteiger partial charge on any atom is 0.278 e. The van der Waals surface area contributed by atoms with Crippen LogP contribution in [-0.4, -0.2) is 80.0 Å². The van der Waals surface area contributed by atoms with E-state index in [4.69, 9.17) is 45.1 Å². The van der Waals surface area contributed by atoms with Crippen molar-refractivity contribution in [1.29, 1.82) is 10.5 Å². The number of aromatic nitrogens is 10. The molecule has 82 heavy (non-hydrogen) atoms. The highest BCUT2D eigenvalue weighted by Crippen LogP contribution is 2.40. The van der Waals surface area contributed by atoms with E-state index in [1.807, 2.05) is 47.1 Å². The average Bonchev–Trinajstić information content (AvgIpc) is 4.05. The van der Waals surface area contributed by atoms with E-state index in [9.17, 15) is 25.3 Å². The third-order valence-corrected chi connectivity index (χ3v) is 17.2. The molecule has 26 heteroatoms. The molecular formula is C56H53Cl2N15O6S3. The molecule has 420 valence electrons. The molecule has 0 radical (unpaired) electrons. The number of nitrogens with two attached hydrogens (primary N) is 1. The van der Waals surface area contributed by atoms with Gasteiger partial charge in [0.2, 0.25) is 10.0 Å². The molecule has 0 spiro atoms. The highest BCUT2D eigenvalue weighted by atomic mass is 35.7. The molecule has 0 atom stereocenters. The van der Waals surface area contributed by atoms with Crippen molar-refractivity contribution in [3.05, 3.63) is 221 Å². The number of sulfonamides is 1. The quantitative estimate of drug-likeness (QED) is 0.0423. The number of rotatable bonds is 15. The highest BCUT2D eigenvalue weighted by molar-refractivity contribution is 8.13. The van der Waals surface area contributed by atoms with Gasteiger partial charge in [0.1, 0.15) is 21.2 Å². The van der Waals surface area contributed by atoms with Gasteiger partial charge in [0.15, 0.2) is 20.6 Å². The lowest BCUT2D eigenvalue weighted by Gasteiger charge is -2.05. The highest BCUT2D eigenvalue weighted by Gasteiger charge is 2.25. The number of benzene rings is 3. The van der Waals surface area contributed by atoms with Crippen molar-refractivity contribution in [2.45, 2.75) is 84.4 Å². The van der Waals surface area contributed by atoms with Crippen LogP contribution in [0.1, 0.15) is 87.9 Å². The summed E-state index contributed by atoms with van der Waals surface area (Å²) in [6, 6.07) is 36.1. The second-order valence-electron chi connectivity index (χ2n) is 18.7. The SMILES string of the molecule is ClCc1cn2cc(C3CC3)ccc2n1.N#Cc1ccc(CCS(=O)(=O)c2ccn[nH]2)cc1.N#Cc1ccc(CNS(=O)(=O)c2cnn(Cc3cn4cc(C5CC5)ccc4n3)c2)cc1.O=S(=O)(Cl)c1ccn[nH]1.[C-]#[N+]c1ccc(CN)cc1. The summed E-state index contributed by atoms with van der Waals surface area (Å²) in [6.07, 6.45) is 19.4. The Kier molecular flexibility index (Phi) is 19.8. The van der Waals surface area contributed by atoms with Crippen LogP contribution in [0.5, 0.6) is 0 Å². The van der Waals surface area contributed by atoms with Gasteiger partial charge in [-0.25, -0.2) is 44.8 Å². The van der Waals surface area contributed by atoms with Crippen molar-refractivity contribution in [3.63, 3.8) is 0 Å². The molecular weight excluding hydrogens is 1150 g/mol. The van der Waals surface area contributed by atoms with Gasteiger partial charge in [0.05, 0.1) is 78.0 Å². The topological polar surface area (TPSA) is 302 Å². The fourth-order valence-corrected chi connectivity index (χ4v) is 10.8. The van der Waals surface area contributed by atoms with E-state index in [-0.39, 0.29) is 27.2 Å². The van der Waals surface area contributed by atoms with Crippen LogP contribution in [0.4, 0.5) is 5.69 Å². The predicted molar refractivity (Wildman–Crippen MR) is 308 cm³/mol. The van der Waals surface area contributed by atoms with Crippen molar-refractivity contribution in [3.8, 4) is 12.1 Å². The second kappa shape index (κ2) is 27.3. The van der Waals surface area contributed by atoms with Crippen molar-refractivity contribution in [2.75, 3.05) is 5.75 Å². The van der Waals surface area contributed by atoms with Crippen LogP contribution in [0.2, 0.25) is 0 Å². The number of halogens is 2. The number of H-pyrrole nitrogens is 2. The molecule has 10 aromatic rings. The van der Waals surface area contributed by atoms with Crippen LogP contribution < -0.4 is 10.5 Å². The number of aromatic amines is 2. The fraction of sp³-hybridized carbons (Fsp3) is 0.214. The maximum absolute atomic E-state index is 12.6. The predicted octanol–water partition coefficient (Wildman–Crippen LogP) is 9.09. The van der Waals surface area contributed by atoms with E-state index in [0.717, 1.165) is 45.3 Å². The maximum atomic E-state index is 12.6. The van der Waals surface area contributed by atoms with Crippen molar-refractivity contribution in [2.24, 2.45) is 5.73 Å². The first-order valence-electron chi connectivity index (χ1n) is 25.3. The fourth-order valence-electron chi connectivity index (χ4n) is 7.88. The van der Waals surface area contributed by atoms with Crippen molar-refractivity contribution < 1.29 is 25.3 Å². The molecule has 2 aliphatic rings. The second-order valence-corrected chi connectivity index (χ2v) is 25.4. The summed E-state index contributed by atoms with van der Waals surface area (Å²) >= 11 is 5.74. The molecule has 2 saturated carbocycles. The average molecular weight is 1200 g/mol. The number of aryl methyl sites for hydroxylation is 1. The molecule has 0 unspecified atom stereocenters. The minimum absolute atomic E-state index is 0.0150. The van der Waals surface area contributed by atoms with E-state index < -0.39 is 28.9 Å². The normalized spacial score (nSPS) is 12.9.